The van der Waals surface area contributed by atoms with Crippen LogP contribution < -0.4 is 10.4 Å². The van der Waals surface area contributed by atoms with Crippen molar-refractivity contribution in [1.82, 2.24) is 9.97 Å². The fourth-order valence-electron chi connectivity index (χ4n) is 10.6. The van der Waals surface area contributed by atoms with Gasteiger partial charge in [-0.15, -0.1) is 0 Å². The van der Waals surface area contributed by atoms with Crippen molar-refractivity contribution >= 4 is 50.9 Å². The number of benzene rings is 5. The molecule has 0 saturated carbocycles. The van der Waals surface area contributed by atoms with Gasteiger partial charge in [0.2, 0.25) is 0 Å². The van der Waals surface area contributed by atoms with Crippen LogP contribution in [0.5, 0.6) is 0 Å². The van der Waals surface area contributed by atoms with Crippen molar-refractivity contribution in [2.45, 2.75) is 78.1 Å². The lowest BCUT2D eigenvalue weighted by Crippen LogP contribution is -2.31. The topological polar surface area (TPSA) is 25.8 Å². The number of aromatic nitrogens is 2. The summed E-state index contributed by atoms with van der Waals surface area (Å²) in [7, 11) is 0. The molecule has 0 spiro atoms. The van der Waals surface area contributed by atoms with Gasteiger partial charge in [-0.05, 0) is 189 Å². The van der Waals surface area contributed by atoms with Crippen LogP contribution >= 0.6 is 0 Å². The van der Waals surface area contributed by atoms with Gasteiger partial charge in [-0.2, -0.15) is 0 Å². The SMILES string of the molecule is CC1=C(c2cc3ccccc3c3c2=CCCC=3)CCC(c2nc(-c3ccc(-c4cc5c(c6ccccc46)C=CCC5)c(C)c3)cc(C3C=CC=C(C4=CCC(C)C=C4)C3)n2)=C1. The maximum absolute atomic E-state index is 5.47. The van der Waals surface area contributed by atoms with Gasteiger partial charge in [0.15, 0.2) is 5.82 Å². The predicted octanol–water partition coefficient (Wildman–Crippen LogP) is 13.9. The van der Waals surface area contributed by atoms with Gasteiger partial charge in [-0.1, -0.05) is 134 Å². The van der Waals surface area contributed by atoms with E-state index in [2.05, 4.69) is 173 Å². The van der Waals surface area contributed by atoms with Crippen molar-refractivity contribution in [3.8, 4) is 22.4 Å². The highest BCUT2D eigenvalue weighted by Gasteiger charge is 2.24. The Bertz CT molecular complexity index is 3170. The number of aryl methyl sites for hydroxylation is 2. The molecule has 5 aliphatic rings. The average Bonchev–Trinajstić information content (AvgIpc) is 3.31. The van der Waals surface area contributed by atoms with E-state index in [1.807, 2.05) is 0 Å². The molecule has 2 nitrogen and oxygen atoms in total. The molecule has 0 bridgehead atoms. The Kier molecular flexibility index (Phi) is 9.60. The van der Waals surface area contributed by atoms with Gasteiger partial charge in [0.1, 0.15) is 0 Å². The zero-order valence-corrected chi connectivity index (χ0v) is 35.6. The number of fused-ring (bicyclic) bond motifs is 6. The maximum atomic E-state index is 5.47. The molecular formula is C59H52N2. The first kappa shape index (κ1) is 37.6. The molecule has 1 aromatic heterocycles. The Morgan fingerprint density at radius 2 is 1.49 bits per heavy atom. The van der Waals surface area contributed by atoms with Crippen LogP contribution in [0.2, 0.25) is 0 Å². The fourth-order valence-corrected chi connectivity index (χ4v) is 10.6. The predicted molar refractivity (Wildman–Crippen MR) is 259 cm³/mol. The minimum atomic E-state index is 0.165. The zero-order valence-electron chi connectivity index (χ0n) is 35.6. The standard InChI is InChI=1S/C59H52N2/c1-37-23-25-40(26-24-37)41-15-12-16-44(33-41)57-36-58(45-27-29-47(38(2)31-45)55-34-42-13-4-6-17-49(42)51-19-8-10-21-53(51)55)61-59(60-57)46-28-30-48(39(3)32-46)56-35-43-14-5-7-18-50(43)52-20-9-11-22-54(52)56/h5-8,10,12,14-23,25-27,29,31-32,34-37,44H,4,9,11,13,24,28,30,33H2,1-3H3. The second-order valence-corrected chi connectivity index (χ2v) is 17.9. The summed E-state index contributed by atoms with van der Waals surface area (Å²) in [4.78, 5) is 10.9. The first-order valence-corrected chi connectivity index (χ1v) is 22.6. The molecule has 2 unspecified atom stereocenters. The highest BCUT2D eigenvalue weighted by Crippen LogP contribution is 2.41. The summed E-state index contributed by atoms with van der Waals surface area (Å²) in [6.07, 6.45) is 34.2. The Labute approximate surface area is 360 Å². The molecule has 0 N–H and O–H groups in total. The van der Waals surface area contributed by atoms with Gasteiger partial charge in [0.05, 0.1) is 11.4 Å². The minimum Gasteiger partial charge on any atom is -0.233 e. The lowest BCUT2D eigenvalue weighted by Gasteiger charge is -2.23. The van der Waals surface area contributed by atoms with Gasteiger partial charge in [0, 0.05) is 11.5 Å². The lowest BCUT2D eigenvalue weighted by atomic mass is 9.84. The summed E-state index contributed by atoms with van der Waals surface area (Å²) in [5.41, 5.74) is 18.0. The summed E-state index contributed by atoms with van der Waals surface area (Å²) in [6, 6.07) is 31.9. The maximum Gasteiger partial charge on any atom is 0.156 e. The van der Waals surface area contributed by atoms with E-state index in [0.29, 0.717) is 5.92 Å². The highest BCUT2D eigenvalue weighted by atomic mass is 14.9. The Morgan fingerprint density at radius 1 is 0.656 bits per heavy atom. The second kappa shape index (κ2) is 15.6. The van der Waals surface area contributed by atoms with Crippen LogP contribution in [0.15, 0.2) is 150 Å². The molecule has 1 heterocycles. The molecular weight excluding hydrogens is 737 g/mol. The Hall–Kier alpha value is -6.38. The third-order valence-corrected chi connectivity index (χ3v) is 13.9. The molecule has 5 aromatic carbocycles. The summed E-state index contributed by atoms with van der Waals surface area (Å²) >= 11 is 0. The van der Waals surface area contributed by atoms with Crippen LogP contribution in [-0.2, 0) is 6.42 Å². The van der Waals surface area contributed by atoms with Crippen LogP contribution in [0.3, 0.4) is 0 Å². The summed E-state index contributed by atoms with van der Waals surface area (Å²) in [6.45, 7) is 6.85. The van der Waals surface area contributed by atoms with Gasteiger partial charge in [0.25, 0.3) is 0 Å². The molecule has 2 atom stereocenters. The highest BCUT2D eigenvalue weighted by molar-refractivity contribution is 6.03. The molecule has 298 valence electrons. The van der Waals surface area contributed by atoms with E-state index in [-0.39, 0.29) is 5.92 Å². The van der Waals surface area contributed by atoms with E-state index >= 15 is 0 Å². The quantitative estimate of drug-likeness (QED) is 0.168. The smallest absolute Gasteiger partial charge is 0.156 e. The summed E-state index contributed by atoms with van der Waals surface area (Å²) in [5, 5.41) is 8.13. The van der Waals surface area contributed by atoms with E-state index in [1.54, 1.807) is 0 Å². The monoisotopic (exact) mass is 788 g/mol. The molecule has 0 fully saturated rings. The van der Waals surface area contributed by atoms with E-state index < -0.39 is 0 Å². The van der Waals surface area contributed by atoms with Gasteiger partial charge in [-0.25, -0.2) is 9.97 Å². The van der Waals surface area contributed by atoms with Crippen molar-refractivity contribution < 1.29 is 0 Å². The van der Waals surface area contributed by atoms with Crippen molar-refractivity contribution in [3.05, 3.63) is 194 Å². The first-order chi connectivity index (χ1) is 29.9. The molecule has 61 heavy (non-hydrogen) atoms. The fraction of sp³-hybridized carbons (Fsp3) is 0.220. The van der Waals surface area contributed by atoms with Crippen molar-refractivity contribution in [3.63, 3.8) is 0 Å². The van der Waals surface area contributed by atoms with Gasteiger partial charge < -0.3 is 0 Å². The van der Waals surface area contributed by atoms with Crippen LogP contribution in [0.1, 0.15) is 98.5 Å². The molecule has 2 heteroatoms. The van der Waals surface area contributed by atoms with Crippen molar-refractivity contribution in [2.24, 2.45) is 5.92 Å². The number of hydrogen-bond donors (Lipinski definition) is 0. The normalized spacial score (nSPS) is 19.5. The van der Waals surface area contributed by atoms with Crippen LogP contribution in [0, 0.1) is 12.8 Å². The minimum absolute atomic E-state index is 0.165. The lowest BCUT2D eigenvalue weighted by molar-refractivity contribution is 0.725. The molecule has 0 radical (unpaired) electrons. The molecule has 0 aliphatic heterocycles. The number of hydrogen-bond acceptors (Lipinski definition) is 2. The number of allylic oxidation sites excluding steroid dienone is 13. The van der Waals surface area contributed by atoms with Crippen molar-refractivity contribution in [1.29, 1.82) is 0 Å². The Morgan fingerprint density at radius 3 is 2.33 bits per heavy atom. The third-order valence-electron chi connectivity index (χ3n) is 13.9. The van der Waals surface area contributed by atoms with Crippen LogP contribution in [-0.4, -0.2) is 9.97 Å². The summed E-state index contributed by atoms with van der Waals surface area (Å²) < 4.78 is 0. The van der Waals surface area contributed by atoms with Gasteiger partial charge >= 0.3 is 0 Å². The Balaban J connectivity index is 1.01. The molecule has 11 rings (SSSR count). The van der Waals surface area contributed by atoms with E-state index in [9.17, 15) is 0 Å². The zero-order chi connectivity index (χ0) is 41.0. The van der Waals surface area contributed by atoms with E-state index in [1.165, 1.54) is 93.2 Å². The van der Waals surface area contributed by atoms with E-state index in [4.69, 9.17) is 9.97 Å². The molecule has 5 aliphatic carbocycles. The van der Waals surface area contributed by atoms with E-state index in [0.717, 1.165) is 74.1 Å². The average molecular weight is 789 g/mol. The van der Waals surface area contributed by atoms with Crippen LogP contribution in [0.4, 0.5) is 0 Å². The summed E-state index contributed by atoms with van der Waals surface area (Å²) in [5.74, 6) is 1.61. The van der Waals surface area contributed by atoms with Gasteiger partial charge in [-0.3, -0.25) is 0 Å². The van der Waals surface area contributed by atoms with Crippen LogP contribution in [0.25, 0.3) is 73.3 Å². The largest absolute Gasteiger partial charge is 0.233 e. The number of nitrogens with zero attached hydrogens (tertiary/aromatic N) is 2. The number of rotatable bonds is 6. The second-order valence-electron chi connectivity index (χ2n) is 17.9. The van der Waals surface area contributed by atoms with Crippen molar-refractivity contribution in [2.75, 3.05) is 0 Å². The third kappa shape index (κ3) is 6.93. The molecule has 0 saturated heterocycles. The molecule has 0 amide bonds. The molecule has 6 aromatic rings. The first-order valence-electron chi connectivity index (χ1n) is 22.6.